The molecule has 2 aromatic carbocycles. The van der Waals surface area contributed by atoms with Crippen molar-refractivity contribution >= 4 is 23.4 Å². The Hall–Kier alpha value is -3.53. The number of nitrogens with one attached hydrogen (secondary N) is 1. The van der Waals surface area contributed by atoms with E-state index in [1.54, 1.807) is 18.2 Å². The highest BCUT2D eigenvalue weighted by Crippen LogP contribution is 2.40. The molecular formula is C23H24N4O5S. The van der Waals surface area contributed by atoms with Gasteiger partial charge in [-0.15, -0.1) is 10.2 Å². The quantitative estimate of drug-likeness (QED) is 0.438. The summed E-state index contributed by atoms with van der Waals surface area (Å²) in [5, 5.41) is 21.6. The average Bonchev–Trinajstić information content (AvgIpc) is 2.98. The van der Waals surface area contributed by atoms with Crippen LogP contribution < -0.4 is 19.5 Å². The van der Waals surface area contributed by atoms with Crippen LogP contribution in [-0.2, 0) is 4.79 Å². The molecule has 0 saturated carbocycles. The molecule has 0 aliphatic carbocycles. The second-order valence-electron chi connectivity index (χ2n) is 7.11. The summed E-state index contributed by atoms with van der Waals surface area (Å²) in [5.41, 5.74) is 2.99. The van der Waals surface area contributed by atoms with E-state index in [9.17, 15) is 4.79 Å². The third kappa shape index (κ3) is 5.28. The first-order valence-electron chi connectivity index (χ1n) is 10.6. The normalized spacial score (nSPS) is 14.2. The first kappa shape index (κ1) is 22.7. The fourth-order valence-electron chi connectivity index (χ4n) is 3.27. The first-order chi connectivity index (χ1) is 16.1. The van der Waals surface area contributed by atoms with Gasteiger partial charge in [-0.2, -0.15) is 4.98 Å². The van der Waals surface area contributed by atoms with Crippen molar-refractivity contribution in [2.75, 3.05) is 24.3 Å². The van der Waals surface area contributed by atoms with Crippen molar-refractivity contribution in [1.82, 2.24) is 15.2 Å². The summed E-state index contributed by atoms with van der Waals surface area (Å²) in [6.45, 7) is 3.88. The molecule has 1 aromatic heterocycles. The number of rotatable bonds is 9. The number of anilines is 1. The van der Waals surface area contributed by atoms with Crippen LogP contribution in [0.5, 0.6) is 17.4 Å². The lowest BCUT2D eigenvalue weighted by atomic mass is 10.1. The predicted molar refractivity (Wildman–Crippen MR) is 124 cm³/mol. The maximum atomic E-state index is 10.9. The van der Waals surface area contributed by atoms with Crippen LogP contribution in [0.2, 0.25) is 0 Å². The van der Waals surface area contributed by atoms with Crippen LogP contribution in [0.25, 0.3) is 11.3 Å². The van der Waals surface area contributed by atoms with Gasteiger partial charge in [-0.3, -0.25) is 0 Å². The molecule has 0 fully saturated rings. The van der Waals surface area contributed by atoms with Crippen molar-refractivity contribution in [2.45, 2.75) is 31.7 Å². The van der Waals surface area contributed by atoms with E-state index in [-0.39, 0.29) is 0 Å². The maximum absolute atomic E-state index is 10.9. The van der Waals surface area contributed by atoms with Crippen LogP contribution in [0.1, 0.15) is 32.1 Å². The molecule has 0 radical (unpaired) electrons. The number of hydrogen-bond donors (Lipinski definition) is 2. The van der Waals surface area contributed by atoms with Gasteiger partial charge in [0.05, 0.1) is 6.61 Å². The zero-order valence-electron chi connectivity index (χ0n) is 18.3. The van der Waals surface area contributed by atoms with Gasteiger partial charge in [0.15, 0.2) is 30.0 Å². The number of fused-ring (bicyclic) bond motifs is 3. The summed E-state index contributed by atoms with van der Waals surface area (Å²) in [7, 11) is 0. The molecule has 33 heavy (non-hydrogen) atoms. The molecule has 0 unspecified atom stereocenters. The van der Waals surface area contributed by atoms with Gasteiger partial charge in [0.25, 0.3) is 0 Å². The molecule has 1 aliphatic rings. The lowest BCUT2D eigenvalue weighted by Gasteiger charge is -2.21. The van der Waals surface area contributed by atoms with E-state index in [1.165, 1.54) is 11.8 Å². The Labute approximate surface area is 195 Å². The van der Waals surface area contributed by atoms with E-state index >= 15 is 0 Å². The summed E-state index contributed by atoms with van der Waals surface area (Å²) in [4.78, 5) is 15.5. The van der Waals surface area contributed by atoms with Crippen LogP contribution in [0.3, 0.4) is 0 Å². The highest BCUT2D eigenvalue weighted by molar-refractivity contribution is 7.99. The number of aliphatic carboxylic acids is 1. The zero-order valence-corrected chi connectivity index (χ0v) is 19.1. The zero-order chi connectivity index (χ0) is 23.2. The average molecular weight is 469 g/mol. The summed E-state index contributed by atoms with van der Waals surface area (Å²) >= 11 is 1.53. The van der Waals surface area contributed by atoms with Crippen LogP contribution in [0.4, 0.5) is 5.69 Å². The number of nitrogens with zero attached hydrogens (tertiary/aromatic N) is 3. The lowest BCUT2D eigenvalue weighted by Crippen LogP contribution is -2.17. The van der Waals surface area contributed by atoms with Crippen molar-refractivity contribution in [3.05, 3.63) is 48.0 Å². The van der Waals surface area contributed by atoms with Gasteiger partial charge in [0.1, 0.15) is 0 Å². The van der Waals surface area contributed by atoms with E-state index in [2.05, 4.69) is 27.4 Å². The summed E-state index contributed by atoms with van der Waals surface area (Å²) in [5.74, 6) is 0.982. The van der Waals surface area contributed by atoms with E-state index in [4.69, 9.17) is 19.3 Å². The Bertz CT molecular complexity index is 1140. The Balaban J connectivity index is 1.71. The van der Waals surface area contributed by atoms with Gasteiger partial charge in [0.2, 0.25) is 11.0 Å². The Kier molecular flexibility index (Phi) is 7.13. The van der Waals surface area contributed by atoms with Crippen LogP contribution in [0.15, 0.2) is 47.6 Å². The molecule has 1 aliphatic heterocycles. The second-order valence-corrected chi connectivity index (χ2v) is 8.17. The molecular weight excluding hydrogens is 444 g/mol. The number of aromatic nitrogens is 3. The molecule has 2 heterocycles. The third-order valence-electron chi connectivity index (χ3n) is 4.69. The van der Waals surface area contributed by atoms with E-state index in [0.29, 0.717) is 34.8 Å². The van der Waals surface area contributed by atoms with Crippen molar-refractivity contribution in [1.29, 1.82) is 0 Å². The molecule has 3 aromatic rings. The van der Waals surface area contributed by atoms with E-state index in [0.717, 1.165) is 29.0 Å². The first-order valence-corrected chi connectivity index (χ1v) is 11.6. The molecule has 0 saturated heterocycles. The predicted octanol–water partition coefficient (Wildman–Crippen LogP) is 4.41. The SMILES string of the molecule is CCCSc1nnc2c(n1)O[C@H](c1ccc(OCC(=O)O)c(OCC)c1)Nc1ccccc1-2. The van der Waals surface area contributed by atoms with Gasteiger partial charge < -0.3 is 24.6 Å². The smallest absolute Gasteiger partial charge is 0.341 e. The van der Waals surface area contributed by atoms with Gasteiger partial charge in [-0.05, 0) is 37.6 Å². The van der Waals surface area contributed by atoms with Crippen molar-refractivity contribution in [3.8, 4) is 28.6 Å². The van der Waals surface area contributed by atoms with Gasteiger partial charge >= 0.3 is 5.97 Å². The van der Waals surface area contributed by atoms with E-state index in [1.807, 2.05) is 31.2 Å². The number of para-hydroxylation sites is 1. The number of hydrogen-bond acceptors (Lipinski definition) is 9. The van der Waals surface area contributed by atoms with E-state index < -0.39 is 18.8 Å². The number of thioether (sulfide) groups is 1. The maximum Gasteiger partial charge on any atom is 0.341 e. The molecule has 172 valence electrons. The molecule has 0 amide bonds. The molecule has 0 spiro atoms. The number of benzene rings is 2. The summed E-state index contributed by atoms with van der Waals surface area (Å²) < 4.78 is 17.3. The number of carboxylic acids is 1. The monoisotopic (exact) mass is 468 g/mol. The van der Waals surface area contributed by atoms with Crippen molar-refractivity contribution < 1.29 is 24.1 Å². The fraction of sp³-hybridized carbons (Fsp3) is 0.304. The van der Waals surface area contributed by atoms with Gasteiger partial charge in [0, 0.05) is 22.6 Å². The van der Waals surface area contributed by atoms with Crippen LogP contribution in [-0.4, -0.2) is 45.2 Å². The van der Waals surface area contributed by atoms with Crippen molar-refractivity contribution in [3.63, 3.8) is 0 Å². The summed E-state index contributed by atoms with van der Waals surface area (Å²) in [6, 6.07) is 13.0. The number of carboxylic acid groups (broad SMARTS) is 1. The summed E-state index contributed by atoms with van der Waals surface area (Å²) in [6.07, 6.45) is 0.399. The lowest BCUT2D eigenvalue weighted by molar-refractivity contribution is -0.139. The Morgan fingerprint density at radius 1 is 1.15 bits per heavy atom. The molecule has 0 bridgehead atoms. The minimum Gasteiger partial charge on any atom is -0.490 e. The largest absolute Gasteiger partial charge is 0.490 e. The van der Waals surface area contributed by atoms with Crippen LogP contribution >= 0.6 is 11.8 Å². The molecule has 4 rings (SSSR count). The highest BCUT2D eigenvalue weighted by atomic mass is 32.2. The standard InChI is InChI=1S/C23H24N4O5S/c1-3-11-33-23-25-22-20(26-27-23)15-7-5-6-8-16(15)24-21(32-22)14-9-10-17(31-13-19(28)29)18(12-14)30-4-2/h5-10,12,21,24H,3-4,11,13H2,1-2H3,(H,28,29)/t21-/m1/s1. The second kappa shape index (κ2) is 10.4. The minimum absolute atomic E-state index is 0.347. The van der Waals surface area contributed by atoms with Gasteiger partial charge in [-0.1, -0.05) is 36.9 Å². The molecule has 1 atom stereocenters. The number of carbonyl (C=O) groups is 1. The van der Waals surface area contributed by atoms with Crippen LogP contribution in [0, 0.1) is 0 Å². The highest BCUT2D eigenvalue weighted by Gasteiger charge is 2.27. The Morgan fingerprint density at radius 2 is 2.00 bits per heavy atom. The number of ether oxygens (including phenoxy) is 3. The fourth-order valence-corrected chi connectivity index (χ4v) is 3.90. The molecule has 10 heteroatoms. The van der Waals surface area contributed by atoms with Gasteiger partial charge in [-0.25, -0.2) is 4.79 Å². The van der Waals surface area contributed by atoms with Crippen molar-refractivity contribution in [2.24, 2.45) is 0 Å². The third-order valence-corrected chi connectivity index (χ3v) is 5.73. The Morgan fingerprint density at radius 3 is 2.79 bits per heavy atom. The molecule has 9 nitrogen and oxygen atoms in total. The minimum atomic E-state index is -1.06. The topological polar surface area (TPSA) is 116 Å². The molecule has 2 N–H and O–H groups in total.